The summed E-state index contributed by atoms with van der Waals surface area (Å²) in [6.45, 7) is 0. The van der Waals surface area contributed by atoms with Crippen molar-refractivity contribution < 1.29 is 8.42 Å². The molecule has 100 valence electrons. The third-order valence-electron chi connectivity index (χ3n) is 3.20. The maximum absolute atomic E-state index is 11.6. The quantitative estimate of drug-likeness (QED) is 0.846. The molecule has 8 heteroatoms. The van der Waals surface area contributed by atoms with Crippen LogP contribution < -0.4 is 0 Å². The lowest BCUT2D eigenvalue weighted by atomic mass is 10.2. The van der Waals surface area contributed by atoms with Gasteiger partial charge in [0.25, 0.3) is 0 Å². The number of H-pyrrole nitrogens is 1. The molecule has 1 unspecified atom stereocenters. The summed E-state index contributed by atoms with van der Waals surface area (Å²) in [5.74, 6) is 0.964. The number of hydrogen-bond donors (Lipinski definition) is 1. The molecule has 19 heavy (non-hydrogen) atoms. The Morgan fingerprint density at radius 2 is 2.32 bits per heavy atom. The van der Waals surface area contributed by atoms with Crippen LogP contribution in [0.3, 0.4) is 0 Å². The van der Waals surface area contributed by atoms with Crippen molar-refractivity contribution in [3.8, 4) is 11.4 Å². The first kappa shape index (κ1) is 12.5. The fourth-order valence-electron chi connectivity index (χ4n) is 2.32. The van der Waals surface area contributed by atoms with Gasteiger partial charge in [-0.05, 0) is 30.8 Å². The number of nitrogens with one attached hydrogen (secondary N) is 1. The van der Waals surface area contributed by atoms with Gasteiger partial charge in [-0.3, -0.25) is 14.6 Å². The second-order valence-corrected chi connectivity index (χ2v) is 7.14. The van der Waals surface area contributed by atoms with Gasteiger partial charge < -0.3 is 0 Å². The molecule has 0 spiro atoms. The van der Waals surface area contributed by atoms with Crippen LogP contribution in [0.25, 0.3) is 11.4 Å². The Morgan fingerprint density at radius 1 is 1.47 bits per heavy atom. The number of aromatic amines is 1. The van der Waals surface area contributed by atoms with Crippen LogP contribution in [0.1, 0.15) is 12.5 Å². The highest BCUT2D eigenvalue weighted by Gasteiger charge is 2.31. The minimum absolute atomic E-state index is 0.119. The number of hydrogen-bond acceptors (Lipinski definition) is 5. The van der Waals surface area contributed by atoms with Crippen molar-refractivity contribution in [2.75, 3.05) is 11.5 Å². The molecule has 3 heterocycles. The lowest BCUT2D eigenvalue weighted by Crippen LogP contribution is -2.12. The molecule has 0 saturated carbocycles. The normalized spacial score (nSPS) is 21.6. The first-order valence-electron chi connectivity index (χ1n) is 5.84. The first-order chi connectivity index (χ1) is 9.07. The van der Waals surface area contributed by atoms with Crippen molar-refractivity contribution in [2.45, 2.75) is 12.5 Å². The summed E-state index contributed by atoms with van der Waals surface area (Å²) in [6.07, 6.45) is 3.93. The fourth-order valence-corrected chi connectivity index (χ4v) is 4.30. The fraction of sp³-hybridized carbons (Fsp3) is 0.364. The molecule has 1 atom stereocenters. The number of aromatic nitrogens is 4. The Balaban J connectivity index is 2.08. The molecule has 1 fully saturated rings. The van der Waals surface area contributed by atoms with E-state index < -0.39 is 9.84 Å². The third kappa shape index (κ3) is 2.33. The maximum Gasteiger partial charge on any atom is 0.195 e. The molecule has 0 amide bonds. The molecule has 1 aliphatic rings. The van der Waals surface area contributed by atoms with E-state index in [1.54, 1.807) is 17.0 Å². The van der Waals surface area contributed by atoms with Gasteiger partial charge in [0.05, 0.1) is 17.5 Å². The zero-order valence-corrected chi connectivity index (χ0v) is 11.6. The van der Waals surface area contributed by atoms with Gasteiger partial charge in [-0.15, -0.1) is 0 Å². The second-order valence-electron chi connectivity index (χ2n) is 4.52. The Morgan fingerprint density at radius 3 is 2.95 bits per heavy atom. The molecule has 3 rings (SSSR count). The highest BCUT2D eigenvalue weighted by Crippen LogP contribution is 2.28. The summed E-state index contributed by atoms with van der Waals surface area (Å²) in [7, 11) is -2.96. The van der Waals surface area contributed by atoms with E-state index in [1.165, 1.54) is 0 Å². The van der Waals surface area contributed by atoms with E-state index in [9.17, 15) is 8.42 Å². The van der Waals surface area contributed by atoms with E-state index in [0.29, 0.717) is 17.0 Å². The molecule has 2 aromatic rings. The average Bonchev–Trinajstić information content (AvgIpc) is 2.93. The highest BCUT2D eigenvalue weighted by molar-refractivity contribution is 7.91. The van der Waals surface area contributed by atoms with Crippen LogP contribution in [0.2, 0.25) is 0 Å². The van der Waals surface area contributed by atoms with Crippen LogP contribution in [-0.2, 0) is 9.84 Å². The first-order valence-corrected chi connectivity index (χ1v) is 8.07. The van der Waals surface area contributed by atoms with E-state index in [0.717, 1.165) is 5.56 Å². The topological polar surface area (TPSA) is 80.6 Å². The second kappa shape index (κ2) is 4.53. The molecule has 2 aromatic heterocycles. The van der Waals surface area contributed by atoms with Crippen molar-refractivity contribution in [1.82, 2.24) is 19.7 Å². The summed E-state index contributed by atoms with van der Waals surface area (Å²) in [5.41, 5.74) is 0.819. The minimum Gasteiger partial charge on any atom is -0.296 e. The zero-order valence-electron chi connectivity index (χ0n) is 9.98. The largest absolute Gasteiger partial charge is 0.296 e. The molecule has 0 bridgehead atoms. The number of sulfone groups is 1. The summed E-state index contributed by atoms with van der Waals surface area (Å²) in [5, 5.41) is 6.92. The molecule has 6 nitrogen and oxygen atoms in total. The third-order valence-corrected chi connectivity index (χ3v) is 5.24. The van der Waals surface area contributed by atoms with Gasteiger partial charge in [0.15, 0.2) is 20.4 Å². The predicted molar refractivity (Wildman–Crippen MR) is 73.0 cm³/mol. The van der Waals surface area contributed by atoms with Crippen molar-refractivity contribution in [1.29, 1.82) is 0 Å². The van der Waals surface area contributed by atoms with Crippen molar-refractivity contribution in [2.24, 2.45) is 0 Å². The SMILES string of the molecule is O=S1(=O)CCC(n2c(-c3cccnc3)n[nH]c2=S)C1. The molecule has 1 N–H and O–H groups in total. The van der Waals surface area contributed by atoms with Crippen LogP contribution in [0.5, 0.6) is 0 Å². The molecular weight excluding hydrogens is 284 g/mol. The number of pyridine rings is 1. The van der Waals surface area contributed by atoms with Crippen LogP contribution >= 0.6 is 12.2 Å². The summed E-state index contributed by atoms with van der Waals surface area (Å²) in [6, 6.07) is 3.53. The standard InChI is InChI=1S/C11H12N4O2S2/c16-19(17)5-3-9(7-19)15-10(13-14-11(15)18)8-2-1-4-12-6-8/h1-2,4,6,9H,3,5,7H2,(H,14,18). The molecule has 0 aliphatic carbocycles. The number of rotatable bonds is 2. The lowest BCUT2D eigenvalue weighted by molar-refractivity contribution is 0.553. The van der Waals surface area contributed by atoms with E-state index in [4.69, 9.17) is 12.2 Å². The summed E-state index contributed by atoms with van der Waals surface area (Å²) < 4.78 is 25.4. The molecule has 0 radical (unpaired) electrons. The highest BCUT2D eigenvalue weighted by atomic mass is 32.2. The van der Waals surface area contributed by atoms with Crippen molar-refractivity contribution in [3.05, 3.63) is 29.3 Å². The smallest absolute Gasteiger partial charge is 0.195 e. The van der Waals surface area contributed by atoms with Gasteiger partial charge in [-0.25, -0.2) is 8.42 Å². The average molecular weight is 296 g/mol. The monoisotopic (exact) mass is 296 g/mol. The maximum atomic E-state index is 11.6. The molecule has 1 aliphatic heterocycles. The van der Waals surface area contributed by atoms with Gasteiger partial charge in [0.2, 0.25) is 0 Å². The van der Waals surface area contributed by atoms with Crippen LogP contribution in [0, 0.1) is 4.77 Å². The van der Waals surface area contributed by atoms with Crippen molar-refractivity contribution in [3.63, 3.8) is 0 Å². The van der Waals surface area contributed by atoms with Gasteiger partial charge in [0.1, 0.15) is 0 Å². The van der Waals surface area contributed by atoms with Crippen LogP contribution in [-0.4, -0.2) is 39.7 Å². The predicted octanol–water partition coefficient (Wildman–Crippen LogP) is 1.36. The van der Waals surface area contributed by atoms with E-state index in [-0.39, 0.29) is 17.5 Å². The zero-order chi connectivity index (χ0) is 13.5. The van der Waals surface area contributed by atoms with E-state index >= 15 is 0 Å². The summed E-state index contributed by atoms with van der Waals surface area (Å²) in [4.78, 5) is 4.05. The van der Waals surface area contributed by atoms with Gasteiger partial charge >= 0.3 is 0 Å². The lowest BCUT2D eigenvalue weighted by Gasteiger charge is -2.12. The van der Waals surface area contributed by atoms with Gasteiger partial charge in [-0.2, -0.15) is 5.10 Å². The minimum atomic E-state index is -2.96. The van der Waals surface area contributed by atoms with Crippen LogP contribution in [0.4, 0.5) is 0 Å². The van der Waals surface area contributed by atoms with Gasteiger partial charge in [0, 0.05) is 18.0 Å². The van der Waals surface area contributed by atoms with E-state index in [2.05, 4.69) is 15.2 Å². The molecule has 0 aromatic carbocycles. The summed E-state index contributed by atoms with van der Waals surface area (Å²) >= 11 is 5.21. The Labute approximate surface area is 115 Å². The van der Waals surface area contributed by atoms with Crippen molar-refractivity contribution >= 4 is 22.1 Å². The van der Waals surface area contributed by atoms with E-state index in [1.807, 2.05) is 12.1 Å². The Bertz CT molecular complexity index is 749. The molecular formula is C11H12N4O2S2. The Kier molecular flexibility index (Phi) is 2.98. The molecule has 1 saturated heterocycles. The van der Waals surface area contributed by atoms with Gasteiger partial charge in [-0.1, -0.05) is 0 Å². The Hall–Kier alpha value is -1.54. The number of nitrogens with zero attached hydrogens (tertiary/aromatic N) is 3. The van der Waals surface area contributed by atoms with Crippen LogP contribution in [0.15, 0.2) is 24.5 Å².